The van der Waals surface area contributed by atoms with Crippen LogP contribution in [0.5, 0.6) is 0 Å². The lowest BCUT2D eigenvalue weighted by Crippen LogP contribution is -2.23. The van der Waals surface area contributed by atoms with Crippen LogP contribution in [-0.2, 0) is 21.1 Å². The second-order valence-electron chi connectivity index (χ2n) is 6.33. The van der Waals surface area contributed by atoms with Crippen molar-refractivity contribution >= 4 is 111 Å². The molecule has 1 unspecified atom stereocenters. The van der Waals surface area contributed by atoms with E-state index in [4.69, 9.17) is 107 Å². The molecule has 190 valence electrons. The Morgan fingerprint density at radius 2 is 1.11 bits per heavy atom. The Hall–Kier alpha value is -0.910. The van der Waals surface area contributed by atoms with E-state index >= 15 is 0 Å². The number of halogens is 8. The molecular weight excluding hydrogens is 640 g/mol. The van der Waals surface area contributed by atoms with Crippen LogP contribution >= 0.6 is 92.8 Å². The van der Waals surface area contributed by atoms with E-state index in [0.29, 0.717) is 0 Å². The van der Waals surface area contributed by atoms with Gasteiger partial charge in [-0.05, 0) is 0 Å². The fourth-order valence-electron chi connectivity index (χ4n) is 2.58. The molecule has 0 aliphatic carbocycles. The van der Waals surface area contributed by atoms with Crippen LogP contribution in [-0.4, -0.2) is 34.4 Å². The lowest BCUT2D eigenvalue weighted by Gasteiger charge is -2.19. The van der Waals surface area contributed by atoms with Crippen LogP contribution in [0.1, 0.15) is 50.0 Å². The van der Waals surface area contributed by atoms with Crippen molar-refractivity contribution in [2.75, 3.05) is 0 Å². The van der Waals surface area contributed by atoms with Crippen LogP contribution in [0.2, 0.25) is 40.2 Å². The standard InChI is InChI=1S/C19H10Cl8O8/c1-2-5(34-19(32)8-7(18(30)31)11(22)15(26)16(27)12(8)23)35-33-3-4-6(17(28)29)10(21)14(25)13(24)9(4)20/h5H,2-3H2,1H3,(H,28,29)(H,30,31). The van der Waals surface area contributed by atoms with Gasteiger partial charge in [-0.25, -0.2) is 19.3 Å². The molecule has 0 aliphatic rings. The van der Waals surface area contributed by atoms with E-state index in [1.807, 2.05) is 0 Å². The van der Waals surface area contributed by atoms with Crippen molar-refractivity contribution in [1.29, 1.82) is 0 Å². The van der Waals surface area contributed by atoms with Crippen molar-refractivity contribution in [3.8, 4) is 0 Å². The first-order valence-electron chi connectivity index (χ1n) is 8.92. The molecule has 0 fully saturated rings. The zero-order valence-corrected chi connectivity index (χ0v) is 22.9. The molecular formula is C19H10Cl8O8. The summed E-state index contributed by atoms with van der Waals surface area (Å²) in [5.74, 6) is -4.37. The Bertz CT molecular complexity index is 1220. The minimum Gasteiger partial charge on any atom is -0.478 e. The molecule has 0 heterocycles. The third kappa shape index (κ3) is 6.33. The maximum Gasteiger partial charge on any atom is 0.343 e. The molecule has 16 heteroatoms. The summed E-state index contributed by atoms with van der Waals surface area (Å²) in [4.78, 5) is 46.0. The van der Waals surface area contributed by atoms with E-state index in [2.05, 4.69) is 0 Å². The summed E-state index contributed by atoms with van der Waals surface area (Å²) in [6.45, 7) is 0.916. The van der Waals surface area contributed by atoms with Crippen LogP contribution in [0, 0.1) is 0 Å². The van der Waals surface area contributed by atoms with Gasteiger partial charge in [-0.1, -0.05) is 99.7 Å². The number of carboxylic acids is 2. The molecule has 0 saturated carbocycles. The lowest BCUT2D eigenvalue weighted by molar-refractivity contribution is -0.374. The highest BCUT2D eigenvalue weighted by Gasteiger charge is 2.31. The molecule has 2 rings (SSSR count). The summed E-state index contributed by atoms with van der Waals surface area (Å²) in [6.07, 6.45) is -1.44. The number of hydrogen-bond donors (Lipinski definition) is 2. The smallest absolute Gasteiger partial charge is 0.343 e. The topological polar surface area (TPSA) is 119 Å². The first-order valence-corrected chi connectivity index (χ1v) is 11.9. The minimum atomic E-state index is -1.63. The summed E-state index contributed by atoms with van der Waals surface area (Å²) in [6, 6.07) is 0. The SMILES string of the molecule is CCC(OOCc1c(Cl)c(Cl)c(Cl)c(Cl)c1C(=O)O)OC(=O)c1c(Cl)c(Cl)c(Cl)c(Cl)c1C(=O)O. The zero-order chi connectivity index (χ0) is 26.8. The summed E-state index contributed by atoms with van der Waals surface area (Å²) >= 11 is 47.6. The van der Waals surface area contributed by atoms with Crippen molar-refractivity contribution in [3.05, 3.63) is 62.4 Å². The number of carboxylic acid groups (broad SMARTS) is 2. The van der Waals surface area contributed by atoms with Gasteiger partial charge in [-0.3, -0.25) is 0 Å². The second-order valence-corrected chi connectivity index (χ2v) is 9.35. The number of rotatable bonds is 9. The second kappa shape index (κ2) is 12.6. The number of carbonyl (C=O) groups excluding carboxylic acids is 1. The quantitative estimate of drug-likeness (QED) is 0.0695. The molecule has 8 nitrogen and oxygen atoms in total. The average Bonchev–Trinajstić information content (AvgIpc) is 2.80. The summed E-state index contributed by atoms with van der Waals surface area (Å²) in [7, 11) is 0. The first-order chi connectivity index (χ1) is 16.3. The van der Waals surface area contributed by atoms with Gasteiger partial charge in [0.25, 0.3) is 0 Å². The fourth-order valence-corrected chi connectivity index (χ4v) is 4.62. The molecule has 1 atom stereocenters. The molecule has 0 spiro atoms. The van der Waals surface area contributed by atoms with Crippen molar-refractivity contribution in [1.82, 2.24) is 0 Å². The van der Waals surface area contributed by atoms with Crippen LogP contribution in [0.3, 0.4) is 0 Å². The van der Waals surface area contributed by atoms with E-state index in [0.717, 1.165) is 0 Å². The predicted molar refractivity (Wildman–Crippen MR) is 132 cm³/mol. The van der Waals surface area contributed by atoms with Gasteiger partial charge >= 0.3 is 17.9 Å². The lowest BCUT2D eigenvalue weighted by atomic mass is 10.1. The normalized spacial score (nSPS) is 11.9. The fraction of sp³-hybridized carbons (Fsp3) is 0.211. The van der Waals surface area contributed by atoms with Gasteiger partial charge in [-0.2, -0.15) is 4.89 Å². The predicted octanol–water partition coefficient (Wildman–Crippen LogP) is 8.35. The van der Waals surface area contributed by atoms with Gasteiger partial charge in [0.1, 0.15) is 6.61 Å². The van der Waals surface area contributed by atoms with Crippen LogP contribution in [0.25, 0.3) is 0 Å². The van der Waals surface area contributed by atoms with Gasteiger partial charge < -0.3 is 14.9 Å². The number of esters is 1. The van der Waals surface area contributed by atoms with Gasteiger partial charge in [0.2, 0.25) is 6.29 Å². The molecule has 0 aliphatic heterocycles. The molecule has 0 radical (unpaired) electrons. The number of benzene rings is 2. The van der Waals surface area contributed by atoms with Gasteiger partial charge in [0.05, 0.1) is 56.9 Å². The molecule has 0 bridgehead atoms. The van der Waals surface area contributed by atoms with Crippen molar-refractivity contribution in [2.24, 2.45) is 0 Å². The molecule has 0 amide bonds. The third-order valence-electron chi connectivity index (χ3n) is 4.21. The van der Waals surface area contributed by atoms with Crippen molar-refractivity contribution < 1.29 is 39.1 Å². The van der Waals surface area contributed by atoms with Crippen LogP contribution < -0.4 is 0 Å². The van der Waals surface area contributed by atoms with Crippen molar-refractivity contribution in [3.63, 3.8) is 0 Å². The highest BCUT2D eigenvalue weighted by molar-refractivity contribution is 6.54. The van der Waals surface area contributed by atoms with Gasteiger partial charge in [-0.15, -0.1) is 0 Å². The Morgan fingerprint density at radius 1 is 0.686 bits per heavy atom. The molecule has 2 N–H and O–H groups in total. The molecule has 2 aromatic carbocycles. The van der Waals surface area contributed by atoms with Crippen LogP contribution in [0.15, 0.2) is 0 Å². The Labute approximate surface area is 237 Å². The minimum absolute atomic E-state index is 0.0114. The van der Waals surface area contributed by atoms with Gasteiger partial charge in [0.15, 0.2) is 0 Å². The first kappa shape index (κ1) is 30.3. The Kier molecular flexibility index (Phi) is 10.9. The summed E-state index contributed by atoms with van der Waals surface area (Å²) < 4.78 is 5.10. The van der Waals surface area contributed by atoms with E-state index in [1.165, 1.54) is 6.92 Å². The molecule has 0 saturated heterocycles. The number of aromatic carboxylic acids is 2. The van der Waals surface area contributed by atoms with Crippen molar-refractivity contribution in [2.45, 2.75) is 26.2 Å². The van der Waals surface area contributed by atoms with E-state index in [1.54, 1.807) is 0 Å². The average molecular weight is 650 g/mol. The van der Waals surface area contributed by atoms with E-state index < -0.39 is 57.5 Å². The van der Waals surface area contributed by atoms with E-state index in [-0.39, 0.29) is 42.1 Å². The summed E-state index contributed by atoms with van der Waals surface area (Å²) in [5, 5.41) is 16.0. The number of ether oxygens (including phenoxy) is 1. The number of hydrogen-bond acceptors (Lipinski definition) is 6. The highest BCUT2D eigenvalue weighted by atomic mass is 35.5. The maximum absolute atomic E-state index is 12.7. The molecule has 0 aromatic heterocycles. The monoisotopic (exact) mass is 646 g/mol. The summed E-state index contributed by atoms with van der Waals surface area (Å²) in [5.41, 5.74) is -2.07. The largest absolute Gasteiger partial charge is 0.478 e. The Morgan fingerprint density at radius 3 is 1.57 bits per heavy atom. The van der Waals surface area contributed by atoms with Crippen LogP contribution in [0.4, 0.5) is 0 Å². The zero-order valence-electron chi connectivity index (χ0n) is 16.9. The van der Waals surface area contributed by atoms with Gasteiger partial charge in [0, 0.05) is 12.0 Å². The number of carbonyl (C=O) groups is 3. The maximum atomic E-state index is 12.7. The molecule has 2 aromatic rings. The highest BCUT2D eigenvalue weighted by Crippen LogP contribution is 2.43. The van der Waals surface area contributed by atoms with E-state index in [9.17, 15) is 24.6 Å². The Balaban J connectivity index is 2.28. The molecule has 35 heavy (non-hydrogen) atoms. The third-order valence-corrected chi connectivity index (χ3v) is 7.86.